The Labute approximate surface area is 152 Å². The maximum Gasteiger partial charge on any atom is 0.416 e. The monoisotopic (exact) mass is 383 g/mol. The van der Waals surface area contributed by atoms with Crippen LogP contribution in [0.3, 0.4) is 0 Å². The molecule has 2 aromatic rings. The molecule has 0 atom stereocenters. The fourth-order valence-electron chi connectivity index (χ4n) is 2.11. The SMILES string of the molecule is CC(C)C(=O)Nc1cc(C(=O)NCc2cc(F)cc(C(F)(F)F)c2)ccn1. The van der Waals surface area contributed by atoms with Crippen molar-refractivity contribution in [2.75, 3.05) is 5.32 Å². The van der Waals surface area contributed by atoms with Gasteiger partial charge in [0.1, 0.15) is 11.6 Å². The van der Waals surface area contributed by atoms with Crippen molar-refractivity contribution in [3.05, 3.63) is 59.0 Å². The van der Waals surface area contributed by atoms with Crippen LogP contribution in [0.15, 0.2) is 36.5 Å². The number of nitrogens with one attached hydrogen (secondary N) is 2. The fraction of sp³-hybridized carbons (Fsp3) is 0.278. The molecule has 9 heteroatoms. The largest absolute Gasteiger partial charge is 0.416 e. The molecule has 2 N–H and O–H groups in total. The van der Waals surface area contributed by atoms with Crippen LogP contribution >= 0.6 is 0 Å². The average molecular weight is 383 g/mol. The third kappa shape index (κ3) is 5.77. The smallest absolute Gasteiger partial charge is 0.348 e. The van der Waals surface area contributed by atoms with Gasteiger partial charge in [0.15, 0.2) is 0 Å². The van der Waals surface area contributed by atoms with Crippen LogP contribution in [0.2, 0.25) is 0 Å². The van der Waals surface area contributed by atoms with Gasteiger partial charge < -0.3 is 10.6 Å². The van der Waals surface area contributed by atoms with Crippen LogP contribution in [0.5, 0.6) is 0 Å². The number of hydrogen-bond donors (Lipinski definition) is 2. The Kier molecular flexibility index (Phi) is 6.14. The molecule has 5 nitrogen and oxygen atoms in total. The predicted octanol–water partition coefficient (Wildman–Crippen LogP) is 3.76. The zero-order chi connectivity index (χ0) is 20.2. The third-order valence-electron chi connectivity index (χ3n) is 3.54. The first-order valence-corrected chi connectivity index (χ1v) is 7.98. The highest BCUT2D eigenvalue weighted by Gasteiger charge is 2.31. The van der Waals surface area contributed by atoms with E-state index in [2.05, 4.69) is 15.6 Å². The zero-order valence-electron chi connectivity index (χ0n) is 14.5. The van der Waals surface area contributed by atoms with Crippen LogP contribution in [0.1, 0.15) is 35.3 Å². The molecule has 1 aromatic heterocycles. The second-order valence-corrected chi connectivity index (χ2v) is 6.10. The lowest BCUT2D eigenvalue weighted by molar-refractivity contribution is -0.137. The van der Waals surface area contributed by atoms with Gasteiger partial charge in [-0.3, -0.25) is 9.59 Å². The highest BCUT2D eigenvalue weighted by Crippen LogP contribution is 2.30. The van der Waals surface area contributed by atoms with Crippen LogP contribution in [-0.4, -0.2) is 16.8 Å². The van der Waals surface area contributed by atoms with Gasteiger partial charge in [-0.2, -0.15) is 13.2 Å². The van der Waals surface area contributed by atoms with Crippen LogP contribution in [0, 0.1) is 11.7 Å². The summed E-state index contributed by atoms with van der Waals surface area (Å²) in [4.78, 5) is 27.8. The number of benzene rings is 1. The van der Waals surface area contributed by atoms with Gasteiger partial charge in [-0.15, -0.1) is 0 Å². The summed E-state index contributed by atoms with van der Waals surface area (Å²) >= 11 is 0. The van der Waals surface area contributed by atoms with E-state index in [1.165, 1.54) is 18.3 Å². The lowest BCUT2D eigenvalue weighted by Gasteiger charge is -2.11. The molecule has 0 spiro atoms. The maximum absolute atomic E-state index is 13.4. The first kappa shape index (κ1) is 20.3. The number of hydrogen-bond acceptors (Lipinski definition) is 3. The number of pyridine rings is 1. The van der Waals surface area contributed by atoms with Crippen molar-refractivity contribution >= 4 is 17.6 Å². The van der Waals surface area contributed by atoms with E-state index >= 15 is 0 Å². The standard InChI is InChI=1S/C18H17F4N3O2/c1-10(2)16(26)25-15-7-12(3-4-23-15)17(27)24-9-11-5-13(18(20,21)22)8-14(19)6-11/h3-8,10H,9H2,1-2H3,(H,24,27)(H,23,25,26). The Balaban J connectivity index is 2.08. The summed E-state index contributed by atoms with van der Waals surface area (Å²) in [6.07, 6.45) is -3.37. The molecule has 1 aromatic carbocycles. The van der Waals surface area contributed by atoms with Gasteiger partial charge >= 0.3 is 6.18 Å². The van der Waals surface area contributed by atoms with Crippen molar-refractivity contribution in [1.82, 2.24) is 10.3 Å². The van der Waals surface area contributed by atoms with Crippen molar-refractivity contribution in [3.63, 3.8) is 0 Å². The van der Waals surface area contributed by atoms with Gasteiger partial charge in [-0.05, 0) is 35.9 Å². The van der Waals surface area contributed by atoms with Gasteiger partial charge in [-0.1, -0.05) is 13.8 Å². The zero-order valence-corrected chi connectivity index (χ0v) is 14.5. The van der Waals surface area contributed by atoms with Crippen LogP contribution in [0.25, 0.3) is 0 Å². The van der Waals surface area contributed by atoms with Crippen molar-refractivity contribution in [2.24, 2.45) is 5.92 Å². The first-order valence-electron chi connectivity index (χ1n) is 7.98. The molecular formula is C18H17F4N3O2. The predicted molar refractivity (Wildman–Crippen MR) is 90.3 cm³/mol. The minimum absolute atomic E-state index is 0.0296. The Bertz CT molecular complexity index is 851. The number of aromatic nitrogens is 1. The van der Waals surface area contributed by atoms with E-state index in [4.69, 9.17) is 0 Å². The van der Waals surface area contributed by atoms with E-state index in [0.29, 0.717) is 6.07 Å². The molecule has 2 amide bonds. The van der Waals surface area contributed by atoms with Gasteiger partial charge in [0.05, 0.1) is 5.56 Å². The molecule has 144 valence electrons. The van der Waals surface area contributed by atoms with E-state index in [1.54, 1.807) is 13.8 Å². The number of rotatable bonds is 5. The van der Waals surface area contributed by atoms with E-state index in [-0.39, 0.29) is 35.3 Å². The van der Waals surface area contributed by atoms with Crippen molar-refractivity contribution in [1.29, 1.82) is 0 Å². The van der Waals surface area contributed by atoms with Crippen molar-refractivity contribution < 1.29 is 27.2 Å². The molecule has 2 rings (SSSR count). The Morgan fingerprint density at radius 2 is 1.85 bits per heavy atom. The molecule has 0 aliphatic heterocycles. The second-order valence-electron chi connectivity index (χ2n) is 6.10. The van der Waals surface area contributed by atoms with E-state index in [0.717, 1.165) is 12.1 Å². The molecule has 1 heterocycles. The van der Waals surface area contributed by atoms with E-state index in [9.17, 15) is 27.2 Å². The molecular weight excluding hydrogens is 366 g/mol. The number of carbonyl (C=O) groups is 2. The van der Waals surface area contributed by atoms with E-state index < -0.39 is 23.5 Å². The Morgan fingerprint density at radius 3 is 2.48 bits per heavy atom. The summed E-state index contributed by atoms with van der Waals surface area (Å²) in [5, 5.41) is 4.95. The summed E-state index contributed by atoms with van der Waals surface area (Å²) < 4.78 is 51.5. The number of amides is 2. The van der Waals surface area contributed by atoms with Gasteiger partial charge in [-0.25, -0.2) is 9.37 Å². The number of anilines is 1. The molecule has 0 bridgehead atoms. The molecule has 0 saturated heterocycles. The summed E-state index contributed by atoms with van der Waals surface area (Å²) in [7, 11) is 0. The summed E-state index contributed by atoms with van der Waals surface area (Å²) in [5.74, 6) is -2.03. The van der Waals surface area contributed by atoms with Gasteiger partial charge in [0.2, 0.25) is 5.91 Å². The van der Waals surface area contributed by atoms with Crippen molar-refractivity contribution in [3.8, 4) is 0 Å². The fourth-order valence-corrected chi connectivity index (χ4v) is 2.11. The van der Waals surface area contributed by atoms with Crippen LogP contribution < -0.4 is 10.6 Å². The van der Waals surface area contributed by atoms with Crippen molar-refractivity contribution in [2.45, 2.75) is 26.6 Å². The van der Waals surface area contributed by atoms with E-state index in [1.807, 2.05) is 0 Å². The summed E-state index contributed by atoms with van der Waals surface area (Å²) in [5.41, 5.74) is -1.01. The maximum atomic E-state index is 13.4. The molecule has 0 unspecified atom stereocenters. The summed E-state index contributed by atoms with van der Waals surface area (Å²) in [6, 6.07) is 4.79. The second kappa shape index (κ2) is 8.15. The molecule has 0 radical (unpaired) electrons. The minimum Gasteiger partial charge on any atom is -0.348 e. The molecule has 0 aliphatic rings. The molecule has 0 fully saturated rings. The van der Waals surface area contributed by atoms with Crippen LogP contribution in [0.4, 0.5) is 23.4 Å². The Hall–Kier alpha value is -2.97. The van der Waals surface area contributed by atoms with Gasteiger partial charge in [0, 0.05) is 24.2 Å². The number of nitrogens with zero attached hydrogens (tertiary/aromatic N) is 1. The number of alkyl halides is 3. The molecule has 0 saturated carbocycles. The average Bonchev–Trinajstić information content (AvgIpc) is 2.58. The Morgan fingerprint density at radius 1 is 1.15 bits per heavy atom. The topological polar surface area (TPSA) is 71.1 Å². The molecule has 0 aliphatic carbocycles. The first-order chi connectivity index (χ1) is 12.6. The highest BCUT2D eigenvalue weighted by molar-refractivity contribution is 5.96. The quantitative estimate of drug-likeness (QED) is 0.773. The minimum atomic E-state index is -4.69. The molecule has 27 heavy (non-hydrogen) atoms. The van der Waals surface area contributed by atoms with Gasteiger partial charge in [0.25, 0.3) is 5.91 Å². The lowest BCUT2D eigenvalue weighted by Crippen LogP contribution is -2.24. The lowest BCUT2D eigenvalue weighted by atomic mass is 10.1. The summed E-state index contributed by atoms with van der Waals surface area (Å²) in [6.45, 7) is 3.09. The normalized spacial score (nSPS) is 11.4. The van der Waals surface area contributed by atoms with Crippen LogP contribution in [-0.2, 0) is 17.5 Å². The number of carbonyl (C=O) groups excluding carboxylic acids is 2. The number of halogens is 4. The highest BCUT2D eigenvalue weighted by atomic mass is 19.4. The third-order valence-corrected chi connectivity index (χ3v) is 3.54.